The number of carbonyl (C=O) groups excluding carboxylic acids is 2. The number of carbonyl (C=O) groups is 2. The number of nitrogens with one attached hydrogen (secondary N) is 1. The van der Waals surface area contributed by atoms with Gasteiger partial charge in [-0.05, 0) is 92.6 Å². The van der Waals surface area contributed by atoms with Gasteiger partial charge < -0.3 is 15.0 Å². The first-order valence-corrected chi connectivity index (χ1v) is 16.8. The van der Waals surface area contributed by atoms with Crippen LogP contribution in [-0.4, -0.2) is 50.4 Å². The third kappa shape index (κ3) is 9.17. The Labute approximate surface area is 278 Å². The van der Waals surface area contributed by atoms with E-state index in [1.165, 1.54) is 48.4 Å². The van der Waals surface area contributed by atoms with E-state index in [0.29, 0.717) is 5.75 Å². The Bertz CT molecular complexity index is 1750. The molecule has 0 aromatic heterocycles. The van der Waals surface area contributed by atoms with E-state index in [4.69, 9.17) is 4.74 Å². The van der Waals surface area contributed by atoms with Crippen molar-refractivity contribution in [3.05, 3.63) is 125 Å². The molecule has 4 aromatic rings. The van der Waals surface area contributed by atoms with Crippen molar-refractivity contribution in [3.63, 3.8) is 0 Å². The van der Waals surface area contributed by atoms with Crippen molar-refractivity contribution in [1.82, 2.24) is 10.2 Å². The first kappa shape index (κ1) is 34.6. The number of benzene rings is 4. The van der Waals surface area contributed by atoms with E-state index in [1.807, 2.05) is 75.4 Å². The molecule has 0 saturated carbocycles. The van der Waals surface area contributed by atoms with Gasteiger partial charge in [0.25, 0.3) is 10.0 Å². The lowest BCUT2D eigenvalue weighted by molar-refractivity contribution is -0.140. The summed E-state index contributed by atoms with van der Waals surface area (Å²) in [7, 11) is -2.87. The van der Waals surface area contributed by atoms with Crippen LogP contribution in [0.25, 0.3) is 0 Å². The molecule has 4 rings (SSSR count). The minimum absolute atomic E-state index is 0.0210. The SMILES string of the molecule is COc1ccc(S(=O)(=O)N(CC(=O)N(Cc2cccc(Br)c2)[C@@H](Cc2ccccc2)C(=O)NC(C)(C)C)c2ccc(F)cc2)cc1. The summed E-state index contributed by atoms with van der Waals surface area (Å²) in [6.07, 6.45) is 0.185. The second kappa shape index (κ2) is 14.9. The van der Waals surface area contributed by atoms with Crippen molar-refractivity contribution in [2.75, 3.05) is 18.0 Å². The van der Waals surface area contributed by atoms with Gasteiger partial charge in [-0.25, -0.2) is 12.8 Å². The topological polar surface area (TPSA) is 96.0 Å². The van der Waals surface area contributed by atoms with E-state index in [9.17, 15) is 22.4 Å². The fraction of sp³-hybridized carbons (Fsp3) is 0.257. The van der Waals surface area contributed by atoms with Gasteiger partial charge in [-0.1, -0.05) is 58.4 Å². The number of anilines is 1. The van der Waals surface area contributed by atoms with Crippen molar-refractivity contribution in [2.24, 2.45) is 0 Å². The maximum atomic E-state index is 14.5. The average Bonchev–Trinajstić information content (AvgIpc) is 3.01. The summed E-state index contributed by atoms with van der Waals surface area (Å²) in [5, 5.41) is 3.00. The third-order valence-corrected chi connectivity index (χ3v) is 9.33. The van der Waals surface area contributed by atoms with E-state index in [1.54, 1.807) is 0 Å². The molecule has 0 spiro atoms. The first-order chi connectivity index (χ1) is 21.8. The number of ether oxygens (including phenoxy) is 1. The highest BCUT2D eigenvalue weighted by Gasteiger charge is 2.35. The van der Waals surface area contributed by atoms with Crippen molar-refractivity contribution < 1.29 is 27.1 Å². The van der Waals surface area contributed by atoms with Crippen LogP contribution in [0, 0.1) is 5.82 Å². The average molecular weight is 711 g/mol. The van der Waals surface area contributed by atoms with Crippen molar-refractivity contribution >= 4 is 43.5 Å². The molecule has 8 nitrogen and oxygen atoms in total. The Hall–Kier alpha value is -4.22. The van der Waals surface area contributed by atoms with Crippen LogP contribution < -0.4 is 14.4 Å². The molecule has 1 atom stereocenters. The van der Waals surface area contributed by atoms with Crippen LogP contribution in [0.15, 0.2) is 112 Å². The molecule has 0 saturated heterocycles. The summed E-state index contributed by atoms with van der Waals surface area (Å²) in [4.78, 5) is 29.8. The minimum atomic E-state index is -4.33. The molecule has 0 bridgehead atoms. The highest BCUT2D eigenvalue weighted by Crippen LogP contribution is 2.27. The zero-order valence-corrected chi connectivity index (χ0v) is 28.5. The second-order valence-electron chi connectivity index (χ2n) is 11.8. The normalized spacial score (nSPS) is 12.2. The van der Waals surface area contributed by atoms with Crippen LogP contribution in [0.1, 0.15) is 31.9 Å². The molecule has 0 aliphatic heterocycles. The molecule has 2 amide bonds. The zero-order valence-electron chi connectivity index (χ0n) is 26.1. The number of rotatable bonds is 12. The van der Waals surface area contributed by atoms with Crippen LogP contribution in [0.3, 0.4) is 0 Å². The zero-order chi connectivity index (χ0) is 33.5. The molecule has 0 radical (unpaired) electrons. The second-order valence-corrected chi connectivity index (χ2v) is 14.5. The van der Waals surface area contributed by atoms with Gasteiger partial charge in [-0.3, -0.25) is 13.9 Å². The monoisotopic (exact) mass is 709 g/mol. The lowest BCUT2D eigenvalue weighted by Gasteiger charge is -2.35. The number of sulfonamides is 1. The summed E-state index contributed by atoms with van der Waals surface area (Å²) < 4.78 is 49.0. The van der Waals surface area contributed by atoms with Crippen LogP contribution in [0.4, 0.5) is 10.1 Å². The van der Waals surface area contributed by atoms with Crippen LogP contribution in [0.2, 0.25) is 0 Å². The Morgan fingerprint density at radius 2 is 1.52 bits per heavy atom. The van der Waals surface area contributed by atoms with Crippen molar-refractivity contribution in [2.45, 2.75) is 50.2 Å². The standard InChI is InChI=1S/C35H37BrFN3O5S/c1-35(2,3)38-34(42)32(22-25-9-6-5-7-10-25)39(23-26-11-8-12-27(36)21-26)33(41)24-40(29-15-13-28(37)14-16-29)46(43,44)31-19-17-30(45-4)18-20-31/h5-21,32H,22-24H2,1-4H3,(H,38,42)/t32-/m0/s1. The Morgan fingerprint density at radius 1 is 0.891 bits per heavy atom. The minimum Gasteiger partial charge on any atom is -0.497 e. The largest absolute Gasteiger partial charge is 0.497 e. The van der Waals surface area contributed by atoms with Gasteiger partial charge in [0.2, 0.25) is 11.8 Å². The van der Waals surface area contributed by atoms with Gasteiger partial charge in [0.1, 0.15) is 24.2 Å². The van der Waals surface area contributed by atoms with E-state index in [0.717, 1.165) is 32.0 Å². The molecule has 0 aliphatic rings. The number of hydrogen-bond acceptors (Lipinski definition) is 5. The Morgan fingerprint density at radius 3 is 2.11 bits per heavy atom. The maximum absolute atomic E-state index is 14.5. The molecule has 46 heavy (non-hydrogen) atoms. The molecule has 11 heteroatoms. The maximum Gasteiger partial charge on any atom is 0.264 e. The third-order valence-electron chi connectivity index (χ3n) is 7.05. The molecule has 0 aliphatic carbocycles. The Kier molecular flexibility index (Phi) is 11.2. The molecule has 0 unspecified atom stereocenters. The van der Waals surface area contributed by atoms with Gasteiger partial charge in [-0.15, -0.1) is 0 Å². The lowest BCUT2D eigenvalue weighted by atomic mass is 10.0. The highest BCUT2D eigenvalue weighted by atomic mass is 79.9. The van der Waals surface area contributed by atoms with Crippen LogP contribution >= 0.6 is 15.9 Å². The van der Waals surface area contributed by atoms with Gasteiger partial charge in [0, 0.05) is 23.0 Å². The fourth-order valence-electron chi connectivity index (χ4n) is 4.85. The summed E-state index contributed by atoms with van der Waals surface area (Å²) in [6.45, 7) is 4.92. The first-order valence-electron chi connectivity index (χ1n) is 14.6. The number of amides is 2. The molecule has 4 aromatic carbocycles. The van der Waals surface area contributed by atoms with Gasteiger partial charge >= 0.3 is 0 Å². The van der Waals surface area contributed by atoms with Gasteiger partial charge in [0.15, 0.2) is 0 Å². The summed E-state index contributed by atoms with van der Waals surface area (Å²) in [5.41, 5.74) is 1.04. The molecular formula is C35H37BrFN3O5S. The molecule has 242 valence electrons. The van der Waals surface area contributed by atoms with Crippen molar-refractivity contribution in [1.29, 1.82) is 0 Å². The number of halogens is 2. The van der Waals surface area contributed by atoms with Gasteiger partial charge in [-0.2, -0.15) is 0 Å². The van der Waals surface area contributed by atoms with Crippen molar-refractivity contribution in [3.8, 4) is 5.75 Å². The molecule has 0 heterocycles. The van der Waals surface area contributed by atoms with Crippen LogP contribution in [0.5, 0.6) is 5.75 Å². The Balaban J connectivity index is 1.81. The van der Waals surface area contributed by atoms with E-state index >= 15 is 0 Å². The number of nitrogens with zero attached hydrogens (tertiary/aromatic N) is 2. The van der Waals surface area contributed by atoms with E-state index in [-0.39, 0.29) is 29.5 Å². The van der Waals surface area contributed by atoms with E-state index in [2.05, 4.69) is 21.2 Å². The summed E-state index contributed by atoms with van der Waals surface area (Å²) in [6, 6.07) is 26.3. The molecule has 0 fully saturated rings. The molecule has 1 N–H and O–H groups in total. The van der Waals surface area contributed by atoms with E-state index < -0.39 is 39.9 Å². The lowest BCUT2D eigenvalue weighted by Crippen LogP contribution is -2.56. The predicted octanol–water partition coefficient (Wildman–Crippen LogP) is 6.35. The summed E-state index contributed by atoms with van der Waals surface area (Å²) >= 11 is 3.48. The number of hydrogen-bond donors (Lipinski definition) is 1. The highest BCUT2D eigenvalue weighted by molar-refractivity contribution is 9.10. The quantitative estimate of drug-likeness (QED) is 0.185. The predicted molar refractivity (Wildman–Crippen MR) is 180 cm³/mol. The fourth-order valence-corrected chi connectivity index (χ4v) is 6.71. The smallest absolute Gasteiger partial charge is 0.264 e. The number of methoxy groups -OCH3 is 1. The molecular weight excluding hydrogens is 673 g/mol. The van der Waals surface area contributed by atoms with Crippen LogP contribution in [-0.2, 0) is 32.6 Å². The van der Waals surface area contributed by atoms with Gasteiger partial charge in [0.05, 0.1) is 17.7 Å². The summed E-state index contributed by atoms with van der Waals surface area (Å²) in [5.74, 6) is -1.11.